The Morgan fingerprint density at radius 1 is 1.47 bits per heavy atom. The molecule has 1 aliphatic heterocycles. The van der Waals surface area contributed by atoms with Crippen molar-refractivity contribution < 1.29 is 4.79 Å². The third-order valence-corrected chi connectivity index (χ3v) is 3.48. The summed E-state index contributed by atoms with van der Waals surface area (Å²) in [6, 6.07) is 7.65. The molecule has 0 saturated carbocycles. The van der Waals surface area contributed by atoms with Crippen LogP contribution in [0.15, 0.2) is 24.3 Å². The van der Waals surface area contributed by atoms with E-state index in [0.717, 1.165) is 30.1 Å². The molecule has 92 valence electrons. The van der Waals surface area contributed by atoms with Crippen molar-refractivity contribution in [2.45, 2.75) is 25.9 Å². The van der Waals surface area contributed by atoms with Gasteiger partial charge in [-0.05, 0) is 18.1 Å². The van der Waals surface area contributed by atoms with Crippen LogP contribution in [0, 0.1) is 0 Å². The first-order valence-electron chi connectivity index (χ1n) is 5.98. The van der Waals surface area contributed by atoms with E-state index >= 15 is 0 Å². The highest BCUT2D eigenvalue weighted by Gasteiger charge is 2.26. The van der Waals surface area contributed by atoms with E-state index in [4.69, 9.17) is 11.6 Å². The van der Waals surface area contributed by atoms with E-state index in [1.54, 1.807) is 0 Å². The van der Waals surface area contributed by atoms with Crippen LogP contribution in [0.1, 0.15) is 18.9 Å². The molecule has 1 amide bonds. The maximum absolute atomic E-state index is 12.1. The molecule has 1 aliphatic rings. The Hall–Kier alpha value is -1.06. The van der Waals surface area contributed by atoms with E-state index in [1.165, 1.54) is 0 Å². The highest BCUT2D eigenvalue weighted by molar-refractivity contribution is 6.31. The highest BCUT2D eigenvalue weighted by Crippen LogP contribution is 2.18. The standard InChI is InChI=1S/C13H17ClN2O/c1-2-12-13(17)16(8-7-15-12)9-10-5-3-4-6-11(10)14/h3-6,12,15H,2,7-9H2,1H3. The molecule has 1 saturated heterocycles. The van der Waals surface area contributed by atoms with Crippen LogP contribution in [-0.2, 0) is 11.3 Å². The van der Waals surface area contributed by atoms with Crippen molar-refractivity contribution in [2.24, 2.45) is 0 Å². The molecular weight excluding hydrogens is 236 g/mol. The molecule has 1 atom stereocenters. The molecule has 3 nitrogen and oxygen atoms in total. The summed E-state index contributed by atoms with van der Waals surface area (Å²) >= 11 is 6.11. The minimum absolute atomic E-state index is 0.0359. The van der Waals surface area contributed by atoms with Gasteiger partial charge in [0.1, 0.15) is 0 Å². The third kappa shape index (κ3) is 2.79. The molecule has 1 N–H and O–H groups in total. The molecule has 0 spiro atoms. The summed E-state index contributed by atoms with van der Waals surface area (Å²) in [6.45, 7) is 4.24. The summed E-state index contributed by atoms with van der Waals surface area (Å²) in [5.74, 6) is 0.179. The molecule has 17 heavy (non-hydrogen) atoms. The van der Waals surface area contributed by atoms with E-state index in [1.807, 2.05) is 36.1 Å². The number of benzene rings is 1. The zero-order chi connectivity index (χ0) is 12.3. The second-order valence-electron chi connectivity index (χ2n) is 4.27. The summed E-state index contributed by atoms with van der Waals surface area (Å²) in [6.07, 6.45) is 0.831. The smallest absolute Gasteiger partial charge is 0.240 e. The lowest BCUT2D eigenvalue weighted by molar-refractivity contribution is -0.136. The number of amides is 1. The monoisotopic (exact) mass is 252 g/mol. The van der Waals surface area contributed by atoms with Gasteiger partial charge < -0.3 is 10.2 Å². The molecule has 1 aromatic carbocycles. The van der Waals surface area contributed by atoms with E-state index < -0.39 is 0 Å². The van der Waals surface area contributed by atoms with Crippen LogP contribution in [0.5, 0.6) is 0 Å². The van der Waals surface area contributed by atoms with Crippen LogP contribution in [-0.4, -0.2) is 29.9 Å². The Bertz CT molecular complexity index is 408. The number of nitrogens with zero attached hydrogens (tertiary/aromatic N) is 1. The normalized spacial score (nSPS) is 20.7. The van der Waals surface area contributed by atoms with Gasteiger partial charge in [0.25, 0.3) is 0 Å². The van der Waals surface area contributed by atoms with Crippen LogP contribution >= 0.6 is 11.6 Å². The average Bonchev–Trinajstić information content (AvgIpc) is 2.34. The molecule has 0 aliphatic carbocycles. The first-order chi connectivity index (χ1) is 8.22. The lowest BCUT2D eigenvalue weighted by atomic mass is 10.1. The van der Waals surface area contributed by atoms with Gasteiger partial charge in [-0.1, -0.05) is 36.7 Å². The largest absolute Gasteiger partial charge is 0.336 e. The molecule has 1 unspecified atom stereocenters. The number of rotatable bonds is 3. The fourth-order valence-corrected chi connectivity index (χ4v) is 2.30. The average molecular weight is 253 g/mol. The SMILES string of the molecule is CCC1NCCN(Cc2ccccc2Cl)C1=O. The minimum Gasteiger partial charge on any atom is -0.336 e. The molecule has 0 bridgehead atoms. The maximum Gasteiger partial charge on any atom is 0.240 e. The molecule has 1 fully saturated rings. The van der Waals surface area contributed by atoms with Crippen molar-refractivity contribution >= 4 is 17.5 Å². The van der Waals surface area contributed by atoms with Crippen molar-refractivity contribution in [2.75, 3.05) is 13.1 Å². The van der Waals surface area contributed by atoms with Gasteiger partial charge in [-0.3, -0.25) is 4.79 Å². The quantitative estimate of drug-likeness (QED) is 0.893. The summed E-state index contributed by atoms with van der Waals surface area (Å²) < 4.78 is 0. The molecule has 2 rings (SSSR count). The van der Waals surface area contributed by atoms with Crippen LogP contribution in [0.2, 0.25) is 5.02 Å². The second-order valence-corrected chi connectivity index (χ2v) is 4.67. The zero-order valence-corrected chi connectivity index (χ0v) is 10.7. The van der Waals surface area contributed by atoms with Gasteiger partial charge in [0.15, 0.2) is 0 Å². The number of nitrogens with one attached hydrogen (secondary N) is 1. The Labute approximate surface area is 107 Å². The van der Waals surface area contributed by atoms with Crippen molar-refractivity contribution in [3.63, 3.8) is 0 Å². The number of carbonyl (C=O) groups excluding carboxylic acids is 1. The molecule has 1 heterocycles. The first kappa shape index (κ1) is 12.4. The zero-order valence-electron chi connectivity index (χ0n) is 9.95. The molecular formula is C13H17ClN2O. The molecule has 4 heteroatoms. The number of carbonyl (C=O) groups is 1. The van der Waals surface area contributed by atoms with Gasteiger partial charge >= 0.3 is 0 Å². The van der Waals surface area contributed by atoms with Crippen LogP contribution in [0.4, 0.5) is 0 Å². The van der Waals surface area contributed by atoms with Gasteiger partial charge in [0.2, 0.25) is 5.91 Å². The predicted octanol–water partition coefficient (Wildman–Crippen LogP) is 2.05. The Morgan fingerprint density at radius 3 is 2.94 bits per heavy atom. The number of hydrogen-bond donors (Lipinski definition) is 1. The van der Waals surface area contributed by atoms with Gasteiger partial charge in [-0.2, -0.15) is 0 Å². The lowest BCUT2D eigenvalue weighted by Gasteiger charge is -2.33. The second kappa shape index (κ2) is 5.52. The fraction of sp³-hybridized carbons (Fsp3) is 0.462. The summed E-state index contributed by atoms with van der Waals surface area (Å²) in [5, 5.41) is 3.95. The van der Waals surface area contributed by atoms with Crippen molar-refractivity contribution in [3.05, 3.63) is 34.9 Å². The topological polar surface area (TPSA) is 32.3 Å². The van der Waals surface area contributed by atoms with Crippen LogP contribution < -0.4 is 5.32 Å². The Morgan fingerprint density at radius 2 is 2.24 bits per heavy atom. The molecule has 0 radical (unpaired) electrons. The van der Waals surface area contributed by atoms with Gasteiger partial charge in [0.05, 0.1) is 6.04 Å². The van der Waals surface area contributed by atoms with Gasteiger partial charge in [0, 0.05) is 24.7 Å². The van der Waals surface area contributed by atoms with Gasteiger partial charge in [-0.15, -0.1) is 0 Å². The summed E-state index contributed by atoms with van der Waals surface area (Å²) in [4.78, 5) is 14.0. The number of hydrogen-bond acceptors (Lipinski definition) is 2. The summed E-state index contributed by atoms with van der Waals surface area (Å²) in [7, 11) is 0. The third-order valence-electron chi connectivity index (χ3n) is 3.11. The van der Waals surface area contributed by atoms with Gasteiger partial charge in [-0.25, -0.2) is 0 Å². The maximum atomic E-state index is 12.1. The van der Waals surface area contributed by atoms with Crippen LogP contribution in [0.3, 0.4) is 0 Å². The fourth-order valence-electron chi connectivity index (χ4n) is 2.10. The molecule has 1 aromatic rings. The van der Waals surface area contributed by atoms with Crippen molar-refractivity contribution in [1.82, 2.24) is 10.2 Å². The minimum atomic E-state index is -0.0359. The van der Waals surface area contributed by atoms with Crippen molar-refractivity contribution in [1.29, 1.82) is 0 Å². The van der Waals surface area contributed by atoms with E-state index in [-0.39, 0.29) is 11.9 Å². The van der Waals surface area contributed by atoms with Crippen LogP contribution in [0.25, 0.3) is 0 Å². The molecule has 0 aromatic heterocycles. The van der Waals surface area contributed by atoms with E-state index in [9.17, 15) is 4.79 Å². The highest BCUT2D eigenvalue weighted by atomic mass is 35.5. The predicted molar refractivity (Wildman–Crippen MR) is 69.0 cm³/mol. The summed E-state index contributed by atoms with van der Waals surface area (Å²) in [5.41, 5.74) is 1.01. The van der Waals surface area contributed by atoms with Crippen molar-refractivity contribution in [3.8, 4) is 0 Å². The lowest BCUT2D eigenvalue weighted by Crippen LogP contribution is -2.54. The van der Waals surface area contributed by atoms with E-state index in [0.29, 0.717) is 6.54 Å². The Kier molecular flexibility index (Phi) is 4.02. The number of piperazine rings is 1. The Balaban J connectivity index is 2.08. The van der Waals surface area contributed by atoms with E-state index in [2.05, 4.69) is 5.32 Å². The number of halogens is 1. The first-order valence-corrected chi connectivity index (χ1v) is 6.35.